The monoisotopic (exact) mass is 202 g/mol. The number of unbranched alkanes of at least 4 members (excludes halogenated alkanes) is 1. The smallest absolute Gasteiger partial charge is 0.0780 e. The van der Waals surface area contributed by atoms with Gasteiger partial charge in [-0.25, -0.2) is 0 Å². The Bertz CT molecular complexity index is 113. The topological polar surface area (TPSA) is 18.5 Å². The van der Waals surface area contributed by atoms with Gasteiger partial charge in [0.2, 0.25) is 0 Å². The summed E-state index contributed by atoms with van der Waals surface area (Å²) in [4.78, 5) is 0. The molecule has 86 valence electrons. The molecule has 0 N–H and O–H groups in total. The molecule has 0 radical (unpaired) electrons. The van der Waals surface area contributed by atoms with Crippen LogP contribution in [0, 0.1) is 5.92 Å². The second kappa shape index (κ2) is 9.47. The summed E-state index contributed by atoms with van der Waals surface area (Å²) in [7, 11) is 0. The van der Waals surface area contributed by atoms with E-state index in [1.807, 2.05) is 0 Å². The Morgan fingerprint density at radius 1 is 1.07 bits per heavy atom. The first kappa shape index (κ1) is 13.9. The Morgan fingerprint density at radius 2 is 1.79 bits per heavy atom. The lowest BCUT2D eigenvalue weighted by Gasteiger charge is -2.13. The summed E-state index contributed by atoms with van der Waals surface area (Å²) in [5, 5.41) is 0. The molecule has 1 unspecified atom stereocenters. The normalized spacial score (nSPS) is 13.5. The average molecular weight is 202 g/mol. The third kappa shape index (κ3) is 10.0. The van der Waals surface area contributed by atoms with Crippen molar-refractivity contribution in [3.8, 4) is 0 Å². The molecule has 0 aliphatic rings. The Labute approximate surface area is 89.0 Å². The average Bonchev–Trinajstić information content (AvgIpc) is 2.13. The quantitative estimate of drug-likeness (QED) is 0.534. The number of hydrogen-bond acceptors (Lipinski definition) is 2. The lowest BCUT2D eigenvalue weighted by molar-refractivity contribution is -0.00965. The van der Waals surface area contributed by atoms with Crippen molar-refractivity contribution >= 4 is 0 Å². The largest absolute Gasteiger partial charge is 0.379 e. The summed E-state index contributed by atoms with van der Waals surface area (Å²) in [6.45, 7) is 11.1. The van der Waals surface area contributed by atoms with Crippen molar-refractivity contribution in [3.05, 3.63) is 0 Å². The van der Waals surface area contributed by atoms with E-state index in [9.17, 15) is 0 Å². The first-order valence-electron chi connectivity index (χ1n) is 5.86. The van der Waals surface area contributed by atoms with Gasteiger partial charge in [0.15, 0.2) is 0 Å². The van der Waals surface area contributed by atoms with Gasteiger partial charge in [0.1, 0.15) is 0 Å². The van der Waals surface area contributed by atoms with E-state index in [1.54, 1.807) is 0 Å². The molecule has 2 nitrogen and oxygen atoms in total. The van der Waals surface area contributed by atoms with Crippen LogP contribution in [-0.2, 0) is 9.47 Å². The maximum Gasteiger partial charge on any atom is 0.0780 e. The highest BCUT2D eigenvalue weighted by Crippen LogP contribution is 2.01. The van der Waals surface area contributed by atoms with Gasteiger partial charge in [-0.3, -0.25) is 0 Å². The first-order chi connectivity index (χ1) is 6.66. The maximum absolute atomic E-state index is 5.56. The molecule has 1 atom stereocenters. The molecule has 0 aromatic rings. The van der Waals surface area contributed by atoms with Crippen molar-refractivity contribution < 1.29 is 9.47 Å². The molecule has 0 rings (SSSR count). The van der Waals surface area contributed by atoms with Crippen molar-refractivity contribution in [1.82, 2.24) is 0 Å². The molecule has 14 heavy (non-hydrogen) atoms. The van der Waals surface area contributed by atoms with E-state index in [-0.39, 0.29) is 6.10 Å². The zero-order valence-electron chi connectivity index (χ0n) is 10.2. The zero-order valence-corrected chi connectivity index (χ0v) is 10.2. The minimum absolute atomic E-state index is 0.244. The molecule has 0 spiro atoms. The van der Waals surface area contributed by atoms with Gasteiger partial charge in [0.25, 0.3) is 0 Å². The van der Waals surface area contributed by atoms with Crippen molar-refractivity contribution in [1.29, 1.82) is 0 Å². The molecule has 0 saturated heterocycles. The van der Waals surface area contributed by atoms with E-state index in [1.165, 1.54) is 6.42 Å². The lowest BCUT2D eigenvalue weighted by Crippen LogP contribution is -2.17. The number of rotatable bonds is 9. The molecule has 2 heteroatoms. The Balaban J connectivity index is 3.14. The Morgan fingerprint density at radius 3 is 2.36 bits per heavy atom. The highest BCUT2D eigenvalue weighted by molar-refractivity contribution is 4.49. The Kier molecular flexibility index (Phi) is 9.42. The lowest BCUT2D eigenvalue weighted by atomic mass is 10.1. The van der Waals surface area contributed by atoms with Gasteiger partial charge in [-0.05, 0) is 25.7 Å². The summed E-state index contributed by atoms with van der Waals surface area (Å²) in [5.41, 5.74) is 0. The second-order valence-corrected chi connectivity index (χ2v) is 4.29. The van der Waals surface area contributed by atoms with Crippen LogP contribution < -0.4 is 0 Å². The standard InChI is InChI=1S/C12H26O2/c1-5-6-8-14-12(4)10-13-9-7-11(2)3/h11-12H,5-10H2,1-4H3. The van der Waals surface area contributed by atoms with Crippen molar-refractivity contribution in [2.75, 3.05) is 19.8 Å². The molecule has 0 aromatic heterocycles. The fourth-order valence-corrected chi connectivity index (χ4v) is 1.05. The molecule has 0 heterocycles. The van der Waals surface area contributed by atoms with Crippen LogP contribution in [0.3, 0.4) is 0 Å². The van der Waals surface area contributed by atoms with Gasteiger partial charge in [0, 0.05) is 13.2 Å². The van der Waals surface area contributed by atoms with E-state index >= 15 is 0 Å². The van der Waals surface area contributed by atoms with Gasteiger partial charge < -0.3 is 9.47 Å². The fraction of sp³-hybridized carbons (Fsp3) is 1.00. The summed E-state index contributed by atoms with van der Waals surface area (Å²) >= 11 is 0. The number of ether oxygens (including phenoxy) is 2. The molecule has 0 bridgehead atoms. The van der Waals surface area contributed by atoms with Crippen LogP contribution in [0.2, 0.25) is 0 Å². The first-order valence-corrected chi connectivity index (χ1v) is 5.86. The molecule has 0 aromatic carbocycles. The molecule has 0 aliphatic heterocycles. The molecule has 0 fully saturated rings. The van der Waals surface area contributed by atoms with E-state index in [0.29, 0.717) is 0 Å². The number of hydrogen-bond donors (Lipinski definition) is 0. The van der Waals surface area contributed by atoms with Gasteiger partial charge in [-0.15, -0.1) is 0 Å². The van der Waals surface area contributed by atoms with E-state index in [0.717, 1.165) is 38.6 Å². The van der Waals surface area contributed by atoms with E-state index in [4.69, 9.17) is 9.47 Å². The van der Waals surface area contributed by atoms with Gasteiger partial charge >= 0.3 is 0 Å². The highest BCUT2D eigenvalue weighted by Gasteiger charge is 2.01. The van der Waals surface area contributed by atoms with E-state index < -0.39 is 0 Å². The van der Waals surface area contributed by atoms with Crippen molar-refractivity contribution in [3.63, 3.8) is 0 Å². The van der Waals surface area contributed by atoms with Crippen LogP contribution in [0.25, 0.3) is 0 Å². The third-order valence-electron chi connectivity index (χ3n) is 2.09. The Hall–Kier alpha value is -0.0800. The van der Waals surface area contributed by atoms with Gasteiger partial charge in [-0.1, -0.05) is 27.2 Å². The van der Waals surface area contributed by atoms with Gasteiger partial charge in [-0.2, -0.15) is 0 Å². The predicted molar refractivity (Wildman–Crippen MR) is 60.6 cm³/mol. The van der Waals surface area contributed by atoms with Crippen LogP contribution in [-0.4, -0.2) is 25.9 Å². The molecule has 0 aliphatic carbocycles. The molecule has 0 amide bonds. The predicted octanol–water partition coefficient (Wildman–Crippen LogP) is 3.25. The van der Waals surface area contributed by atoms with Crippen molar-refractivity contribution in [2.24, 2.45) is 5.92 Å². The fourth-order valence-electron chi connectivity index (χ4n) is 1.05. The highest BCUT2D eigenvalue weighted by atomic mass is 16.5. The molecular formula is C12H26O2. The third-order valence-corrected chi connectivity index (χ3v) is 2.09. The van der Waals surface area contributed by atoms with Gasteiger partial charge in [0.05, 0.1) is 12.7 Å². The van der Waals surface area contributed by atoms with Crippen LogP contribution in [0.4, 0.5) is 0 Å². The molecule has 0 saturated carbocycles. The summed E-state index contributed by atoms with van der Waals surface area (Å²) in [6.07, 6.45) is 3.73. The SMILES string of the molecule is CCCCOC(C)COCCC(C)C. The minimum Gasteiger partial charge on any atom is -0.379 e. The van der Waals surface area contributed by atoms with Crippen molar-refractivity contribution in [2.45, 2.75) is 53.1 Å². The summed E-state index contributed by atoms with van der Waals surface area (Å²) < 4.78 is 11.1. The minimum atomic E-state index is 0.244. The van der Waals surface area contributed by atoms with Crippen LogP contribution >= 0.6 is 0 Å². The zero-order chi connectivity index (χ0) is 10.8. The maximum atomic E-state index is 5.56. The second-order valence-electron chi connectivity index (χ2n) is 4.29. The summed E-state index contributed by atoms with van der Waals surface area (Å²) in [6, 6.07) is 0. The van der Waals surface area contributed by atoms with E-state index in [2.05, 4.69) is 27.7 Å². The molecular weight excluding hydrogens is 176 g/mol. The van der Waals surface area contributed by atoms with Crippen LogP contribution in [0.1, 0.15) is 47.0 Å². The van der Waals surface area contributed by atoms with Crippen LogP contribution in [0.15, 0.2) is 0 Å². The van der Waals surface area contributed by atoms with Crippen LogP contribution in [0.5, 0.6) is 0 Å². The summed E-state index contributed by atoms with van der Waals surface area (Å²) in [5.74, 6) is 0.728.